The number of aromatic amines is 1. The number of nitrogens with zero attached hydrogens (tertiary/aromatic N) is 3. The number of fused-ring (bicyclic) bond motifs is 1. The zero-order valence-electron chi connectivity index (χ0n) is 16.2. The fourth-order valence-corrected chi connectivity index (χ4v) is 3.86. The van der Waals surface area contributed by atoms with E-state index in [-0.39, 0.29) is 0 Å². The van der Waals surface area contributed by atoms with Crippen LogP contribution >= 0.6 is 0 Å². The van der Waals surface area contributed by atoms with Crippen LogP contribution in [0.4, 0.5) is 11.4 Å². The third-order valence-electron chi connectivity index (χ3n) is 5.47. The molecule has 28 heavy (non-hydrogen) atoms. The van der Waals surface area contributed by atoms with Crippen LogP contribution in [0.2, 0.25) is 0 Å². The van der Waals surface area contributed by atoms with E-state index in [9.17, 15) is 5.26 Å². The lowest BCUT2D eigenvalue weighted by Gasteiger charge is -2.14. The summed E-state index contributed by atoms with van der Waals surface area (Å²) in [4.78, 5) is 9.99. The van der Waals surface area contributed by atoms with Crippen molar-refractivity contribution >= 4 is 28.4 Å². The van der Waals surface area contributed by atoms with Crippen LogP contribution in [0.1, 0.15) is 36.0 Å². The van der Waals surface area contributed by atoms with Crippen molar-refractivity contribution in [1.29, 1.82) is 5.26 Å². The van der Waals surface area contributed by atoms with Gasteiger partial charge in [0, 0.05) is 47.3 Å². The molecule has 5 nitrogen and oxygen atoms in total. The molecule has 0 unspecified atom stereocenters. The van der Waals surface area contributed by atoms with E-state index in [2.05, 4.69) is 63.5 Å². The van der Waals surface area contributed by atoms with Gasteiger partial charge in [0.25, 0.3) is 0 Å². The standard InChI is InChI=1S/C23H25N5/c1-17-20-9-10-26-22(20)8-7-21(17)27-23-18(15-25-16-19(23)14-24)6-2-3-11-28-12-4-5-13-28/h2,6-10,15-16,26H,3-5,11-13H2,1H3,(H,25,27). The van der Waals surface area contributed by atoms with Crippen LogP contribution in [0.3, 0.4) is 0 Å². The predicted molar refractivity (Wildman–Crippen MR) is 115 cm³/mol. The maximum absolute atomic E-state index is 9.58. The SMILES string of the molecule is Cc1c(Nc2c(C#N)cncc2C=CCCN2CCCC2)ccc2[nH]ccc12. The number of nitrogens with one attached hydrogen (secondary N) is 2. The normalized spacial score (nSPS) is 14.7. The molecule has 0 atom stereocenters. The van der Waals surface area contributed by atoms with Gasteiger partial charge in [-0.25, -0.2) is 0 Å². The molecule has 142 valence electrons. The summed E-state index contributed by atoms with van der Waals surface area (Å²) in [5.41, 5.74) is 5.57. The Balaban J connectivity index is 1.58. The van der Waals surface area contributed by atoms with E-state index in [1.165, 1.54) is 31.3 Å². The van der Waals surface area contributed by atoms with Crippen molar-refractivity contribution in [3.63, 3.8) is 0 Å². The van der Waals surface area contributed by atoms with Crippen LogP contribution in [0.5, 0.6) is 0 Å². The quantitative estimate of drug-likeness (QED) is 0.641. The highest BCUT2D eigenvalue weighted by Gasteiger charge is 2.12. The zero-order valence-corrected chi connectivity index (χ0v) is 16.2. The zero-order chi connectivity index (χ0) is 19.3. The molecule has 4 rings (SSSR count). The lowest BCUT2D eigenvalue weighted by molar-refractivity contribution is 0.346. The maximum atomic E-state index is 9.58. The van der Waals surface area contributed by atoms with Crippen molar-refractivity contribution in [3.05, 3.63) is 59.6 Å². The van der Waals surface area contributed by atoms with Gasteiger partial charge in [-0.2, -0.15) is 5.26 Å². The Kier molecular flexibility index (Phi) is 5.41. The highest BCUT2D eigenvalue weighted by Crippen LogP contribution is 2.30. The summed E-state index contributed by atoms with van der Waals surface area (Å²) in [6, 6.07) is 8.46. The van der Waals surface area contributed by atoms with Crippen LogP contribution in [0.15, 0.2) is 42.9 Å². The summed E-state index contributed by atoms with van der Waals surface area (Å²) in [6.07, 6.45) is 13.3. The average Bonchev–Trinajstić information content (AvgIpc) is 3.40. The smallest absolute Gasteiger partial charge is 0.103 e. The number of pyridine rings is 1. The first-order valence-corrected chi connectivity index (χ1v) is 9.87. The molecule has 0 bridgehead atoms. The number of benzene rings is 1. The van der Waals surface area contributed by atoms with E-state index in [4.69, 9.17) is 0 Å². The highest BCUT2D eigenvalue weighted by atomic mass is 15.1. The number of H-pyrrole nitrogens is 1. The Hall–Kier alpha value is -3.10. The second-order valence-electron chi connectivity index (χ2n) is 7.30. The number of anilines is 2. The molecular weight excluding hydrogens is 346 g/mol. The van der Waals surface area contributed by atoms with Gasteiger partial charge >= 0.3 is 0 Å². The van der Waals surface area contributed by atoms with E-state index >= 15 is 0 Å². The molecular formula is C23H25N5. The highest BCUT2D eigenvalue weighted by molar-refractivity contribution is 5.89. The van der Waals surface area contributed by atoms with E-state index in [0.717, 1.165) is 41.0 Å². The van der Waals surface area contributed by atoms with Gasteiger partial charge in [-0.15, -0.1) is 0 Å². The van der Waals surface area contributed by atoms with Crippen LogP contribution in [0, 0.1) is 18.3 Å². The molecule has 0 saturated carbocycles. The molecule has 1 aliphatic rings. The number of rotatable bonds is 6. The summed E-state index contributed by atoms with van der Waals surface area (Å²) in [5.74, 6) is 0. The summed E-state index contributed by atoms with van der Waals surface area (Å²) in [7, 11) is 0. The lowest BCUT2D eigenvalue weighted by Crippen LogP contribution is -2.19. The summed E-state index contributed by atoms with van der Waals surface area (Å²) in [5, 5.41) is 14.2. The molecule has 1 aliphatic heterocycles. The molecule has 0 radical (unpaired) electrons. The first kappa shape index (κ1) is 18.3. The Morgan fingerprint density at radius 2 is 2.11 bits per heavy atom. The molecule has 5 heteroatoms. The molecule has 0 amide bonds. The maximum Gasteiger partial charge on any atom is 0.103 e. The monoisotopic (exact) mass is 371 g/mol. The second-order valence-corrected chi connectivity index (χ2v) is 7.30. The minimum atomic E-state index is 0.551. The summed E-state index contributed by atoms with van der Waals surface area (Å²) >= 11 is 0. The Morgan fingerprint density at radius 3 is 2.93 bits per heavy atom. The average molecular weight is 371 g/mol. The van der Waals surface area contributed by atoms with Crippen molar-refractivity contribution in [2.24, 2.45) is 0 Å². The second kappa shape index (κ2) is 8.28. The lowest BCUT2D eigenvalue weighted by atomic mass is 10.1. The fraction of sp³-hybridized carbons (Fsp3) is 0.304. The molecule has 2 aromatic heterocycles. The van der Waals surface area contributed by atoms with Crippen LogP contribution in [-0.4, -0.2) is 34.5 Å². The van der Waals surface area contributed by atoms with E-state index in [0.29, 0.717) is 5.56 Å². The number of aryl methyl sites for hydroxylation is 1. The molecule has 3 aromatic rings. The first-order valence-electron chi connectivity index (χ1n) is 9.87. The number of hydrogen-bond donors (Lipinski definition) is 2. The van der Waals surface area contributed by atoms with Crippen LogP contribution < -0.4 is 5.32 Å². The van der Waals surface area contributed by atoms with Gasteiger partial charge in [-0.05, 0) is 63.0 Å². The minimum Gasteiger partial charge on any atom is -0.361 e. The molecule has 0 aliphatic carbocycles. The van der Waals surface area contributed by atoms with Gasteiger partial charge in [-0.3, -0.25) is 4.98 Å². The van der Waals surface area contributed by atoms with Gasteiger partial charge < -0.3 is 15.2 Å². The summed E-state index contributed by atoms with van der Waals surface area (Å²) in [6.45, 7) is 5.62. The van der Waals surface area contributed by atoms with Crippen molar-refractivity contribution in [2.45, 2.75) is 26.2 Å². The van der Waals surface area contributed by atoms with Gasteiger partial charge in [0.15, 0.2) is 0 Å². The van der Waals surface area contributed by atoms with E-state index < -0.39 is 0 Å². The Labute approximate surface area is 165 Å². The fourth-order valence-electron chi connectivity index (χ4n) is 3.86. The molecule has 0 spiro atoms. The van der Waals surface area contributed by atoms with Crippen molar-refractivity contribution < 1.29 is 0 Å². The summed E-state index contributed by atoms with van der Waals surface area (Å²) < 4.78 is 0. The third kappa shape index (κ3) is 3.78. The molecule has 1 fully saturated rings. The number of aromatic nitrogens is 2. The van der Waals surface area contributed by atoms with Gasteiger partial charge in [0.2, 0.25) is 0 Å². The van der Waals surface area contributed by atoms with Gasteiger partial charge in [0.05, 0.1) is 11.3 Å². The largest absolute Gasteiger partial charge is 0.361 e. The topological polar surface area (TPSA) is 67.7 Å². The number of nitriles is 1. The molecule has 3 heterocycles. The number of hydrogen-bond acceptors (Lipinski definition) is 4. The van der Waals surface area contributed by atoms with E-state index in [1.807, 2.05) is 12.4 Å². The van der Waals surface area contributed by atoms with Crippen molar-refractivity contribution in [3.8, 4) is 6.07 Å². The third-order valence-corrected chi connectivity index (χ3v) is 5.47. The predicted octanol–water partition coefficient (Wildman–Crippen LogP) is 4.99. The molecule has 1 saturated heterocycles. The minimum absolute atomic E-state index is 0.551. The van der Waals surface area contributed by atoms with Crippen LogP contribution in [0.25, 0.3) is 17.0 Å². The molecule has 1 aromatic carbocycles. The van der Waals surface area contributed by atoms with Gasteiger partial charge in [-0.1, -0.05) is 12.2 Å². The van der Waals surface area contributed by atoms with Crippen molar-refractivity contribution in [1.82, 2.24) is 14.9 Å². The number of likely N-dealkylation sites (tertiary alicyclic amines) is 1. The first-order chi connectivity index (χ1) is 13.8. The Morgan fingerprint density at radius 1 is 1.25 bits per heavy atom. The van der Waals surface area contributed by atoms with Gasteiger partial charge in [0.1, 0.15) is 6.07 Å². The van der Waals surface area contributed by atoms with Crippen LogP contribution in [-0.2, 0) is 0 Å². The molecule has 2 N–H and O–H groups in total. The van der Waals surface area contributed by atoms with Crippen molar-refractivity contribution in [2.75, 3.05) is 25.0 Å². The Bertz CT molecular complexity index is 1030. The van der Waals surface area contributed by atoms with E-state index in [1.54, 1.807) is 6.20 Å².